The standard InChI is InChI=1S/C12H16IN3O2/c1-2-16(8-7-11(14)15-18)12(17)9-5-3-4-6-10(9)13/h3-6,18H,2,7-8H2,1H3,(H2,14,15). The number of carbonyl (C=O) groups is 1. The van der Waals surface area contributed by atoms with Crippen LogP contribution >= 0.6 is 22.6 Å². The first-order valence-electron chi connectivity index (χ1n) is 5.60. The van der Waals surface area contributed by atoms with Crippen molar-refractivity contribution >= 4 is 34.3 Å². The third kappa shape index (κ3) is 3.86. The predicted molar refractivity (Wildman–Crippen MR) is 78.8 cm³/mol. The maximum absolute atomic E-state index is 12.3. The van der Waals surface area contributed by atoms with Gasteiger partial charge in [0.25, 0.3) is 5.91 Å². The molecule has 1 amide bonds. The van der Waals surface area contributed by atoms with Crippen LogP contribution in [0.15, 0.2) is 29.4 Å². The molecule has 0 fully saturated rings. The molecule has 1 aromatic rings. The van der Waals surface area contributed by atoms with E-state index in [2.05, 4.69) is 27.7 Å². The fourth-order valence-electron chi connectivity index (χ4n) is 1.51. The van der Waals surface area contributed by atoms with E-state index in [0.29, 0.717) is 25.1 Å². The molecule has 18 heavy (non-hydrogen) atoms. The molecule has 3 N–H and O–H groups in total. The maximum atomic E-state index is 12.3. The van der Waals surface area contributed by atoms with E-state index in [1.54, 1.807) is 11.0 Å². The molecular formula is C12H16IN3O2. The Bertz CT molecular complexity index is 449. The molecule has 0 bridgehead atoms. The van der Waals surface area contributed by atoms with Crippen molar-refractivity contribution < 1.29 is 10.0 Å². The van der Waals surface area contributed by atoms with Crippen LogP contribution in [0.2, 0.25) is 0 Å². The molecule has 0 saturated carbocycles. The molecule has 98 valence electrons. The zero-order chi connectivity index (χ0) is 13.5. The Morgan fingerprint density at radius 3 is 2.72 bits per heavy atom. The third-order valence-electron chi connectivity index (χ3n) is 2.54. The predicted octanol–water partition coefficient (Wildman–Crippen LogP) is 1.89. The fourth-order valence-corrected chi connectivity index (χ4v) is 2.13. The largest absolute Gasteiger partial charge is 0.409 e. The van der Waals surface area contributed by atoms with Crippen molar-refractivity contribution in [2.45, 2.75) is 13.3 Å². The van der Waals surface area contributed by atoms with Crippen molar-refractivity contribution in [3.8, 4) is 0 Å². The van der Waals surface area contributed by atoms with Crippen LogP contribution < -0.4 is 5.73 Å². The van der Waals surface area contributed by atoms with Crippen LogP contribution in [-0.2, 0) is 0 Å². The minimum absolute atomic E-state index is 0.0340. The van der Waals surface area contributed by atoms with Crippen LogP contribution in [0.25, 0.3) is 0 Å². The molecule has 6 heteroatoms. The van der Waals surface area contributed by atoms with E-state index in [9.17, 15) is 4.79 Å². The van der Waals surface area contributed by atoms with Gasteiger partial charge >= 0.3 is 0 Å². The molecule has 0 unspecified atom stereocenters. The lowest BCUT2D eigenvalue weighted by molar-refractivity contribution is 0.0767. The van der Waals surface area contributed by atoms with Crippen molar-refractivity contribution in [2.24, 2.45) is 10.9 Å². The van der Waals surface area contributed by atoms with Gasteiger partial charge in [-0.15, -0.1) is 0 Å². The topological polar surface area (TPSA) is 78.9 Å². The summed E-state index contributed by atoms with van der Waals surface area (Å²) in [5, 5.41) is 11.4. The SMILES string of the molecule is CCN(CCC(N)=NO)C(=O)c1ccccc1I. The summed E-state index contributed by atoms with van der Waals surface area (Å²) < 4.78 is 0.919. The van der Waals surface area contributed by atoms with Gasteiger partial charge in [0.2, 0.25) is 0 Å². The van der Waals surface area contributed by atoms with Gasteiger partial charge < -0.3 is 15.8 Å². The highest BCUT2D eigenvalue weighted by atomic mass is 127. The quantitative estimate of drug-likeness (QED) is 0.276. The molecule has 0 radical (unpaired) electrons. The Balaban J connectivity index is 2.77. The number of hydrogen-bond acceptors (Lipinski definition) is 3. The monoisotopic (exact) mass is 361 g/mol. The summed E-state index contributed by atoms with van der Waals surface area (Å²) in [7, 11) is 0. The zero-order valence-electron chi connectivity index (χ0n) is 10.1. The first-order valence-corrected chi connectivity index (χ1v) is 6.68. The van der Waals surface area contributed by atoms with E-state index in [1.807, 2.05) is 25.1 Å². The highest BCUT2D eigenvalue weighted by Crippen LogP contribution is 2.14. The van der Waals surface area contributed by atoms with Gasteiger partial charge in [0.15, 0.2) is 0 Å². The molecule has 0 aliphatic rings. The van der Waals surface area contributed by atoms with Crippen LogP contribution in [0.4, 0.5) is 0 Å². The minimum atomic E-state index is -0.0340. The number of oxime groups is 1. The number of carbonyl (C=O) groups excluding carboxylic acids is 1. The highest BCUT2D eigenvalue weighted by Gasteiger charge is 2.16. The van der Waals surface area contributed by atoms with Gasteiger partial charge in [0.1, 0.15) is 5.84 Å². The van der Waals surface area contributed by atoms with E-state index >= 15 is 0 Å². The Labute approximate surface area is 120 Å². The number of amides is 1. The number of halogens is 1. The van der Waals surface area contributed by atoms with Crippen molar-refractivity contribution in [1.82, 2.24) is 4.90 Å². The second-order valence-corrected chi connectivity index (χ2v) is 4.87. The maximum Gasteiger partial charge on any atom is 0.254 e. The van der Waals surface area contributed by atoms with Crippen LogP contribution in [0, 0.1) is 3.57 Å². The van der Waals surface area contributed by atoms with Gasteiger partial charge in [0.05, 0.1) is 5.56 Å². The summed E-state index contributed by atoms with van der Waals surface area (Å²) in [6.07, 6.45) is 0.361. The lowest BCUT2D eigenvalue weighted by Gasteiger charge is -2.21. The van der Waals surface area contributed by atoms with Gasteiger partial charge in [-0.3, -0.25) is 4.79 Å². The average molecular weight is 361 g/mol. The summed E-state index contributed by atoms with van der Waals surface area (Å²) in [4.78, 5) is 14.0. The lowest BCUT2D eigenvalue weighted by atomic mass is 10.2. The second-order valence-electron chi connectivity index (χ2n) is 3.71. The molecule has 5 nitrogen and oxygen atoms in total. The van der Waals surface area contributed by atoms with Gasteiger partial charge in [0, 0.05) is 23.1 Å². The van der Waals surface area contributed by atoms with Crippen LogP contribution in [0.5, 0.6) is 0 Å². The van der Waals surface area contributed by atoms with E-state index < -0.39 is 0 Å². The first-order chi connectivity index (χ1) is 8.60. The Kier molecular flexibility index (Phi) is 5.90. The van der Waals surface area contributed by atoms with Crippen molar-refractivity contribution in [2.75, 3.05) is 13.1 Å². The highest BCUT2D eigenvalue weighted by molar-refractivity contribution is 14.1. The average Bonchev–Trinajstić information content (AvgIpc) is 2.39. The molecular weight excluding hydrogens is 345 g/mol. The summed E-state index contributed by atoms with van der Waals surface area (Å²) in [5.41, 5.74) is 6.09. The Morgan fingerprint density at radius 2 is 2.17 bits per heavy atom. The number of amidine groups is 1. The number of hydrogen-bond donors (Lipinski definition) is 2. The number of nitrogens with zero attached hydrogens (tertiary/aromatic N) is 2. The fraction of sp³-hybridized carbons (Fsp3) is 0.333. The molecule has 0 aliphatic carbocycles. The normalized spacial score (nSPS) is 11.3. The molecule has 1 aromatic carbocycles. The van der Waals surface area contributed by atoms with Crippen molar-refractivity contribution in [3.05, 3.63) is 33.4 Å². The summed E-state index contributed by atoms with van der Waals surface area (Å²) in [6, 6.07) is 7.43. The molecule has 0 heterocycles. The molecule has 0 spiro atoms. The second kappa shape index (κ2) is 7.20. The molecule has 0 saturated heterocycles. The zero-order valence-corrected chi connectivity index (χ0v) is 12.3. The van der Waals surface area contributed by atoms with Crippen LogP contribution in [-0.4, -0.2) is 34.9 Å². The minimum Gasteiger partial charge on any atom is -0.409 e. The van der Waals surface area contributed by atoms with Gasteiger partial charge in [-0.2, -0.15) is 0 Å². The Morgan fingerprint density at radius 1 is 1.50 bits per heavy atom. The molecule has 1 rings (SSSR count). The van der Waals surface area contributed by atoms with E-state index in [-0.39, 0.29) is 11.7 Å². The summed E-state index contributed by atoms with van der Waals surface area (Å²) in [6.45, 7) is 2.93. The number of benzene rings is 1. The van der Waals surface area contributed by atoms with Gasteiger partial charge in [-0.1, -0.05) is 17.3 Å². The first kappa shape index (κ1) is 14.7. The van der Waals surface area contributed by atoms with Crippen molar-refractivity contribution in [1.29, 1.82) is 0 Å². The summed E-state index contributed by atoms with van der Waals surface area (Å²) in [5.74, 6) is 0.0947. The van der Waals surface area contributed by atoms with Crippen molar-refractivity contribution in [3.63, 3.8) is 0 Å². The number of rotatable bonds is 5. The van der Waals surface area contributed by atoms with E-state index in [1.165, 1.54) is 0 Å². The van der Waals surface area contributed by atoms with E-state index in [4.69, 9.17) is 10.9 Å². The Hall–Kier alpha value is -1.31. The third-order valence-corrected chi connectivity index (χ3v) is 3.48. The number of nitrogens with two attached hydrogens (primary N) is 1. The summed E-state index contributed by atoms with van der Waals surface area (Å²) >= 11 is 2.14. The van der Waals surface area contributed by atoms with Crippen LogP contribution in [0.1, 0.15) is 23.7 Å². The molecule has 0 atom stereocenters. The van der Waals surface area contributed by atoms with Gasteiger partial charge in [-0.05, 0) is 41.6 Å². The smallest absolute Gasteiger partial charge is 0.254 e. The van der Waals surface area contributed by atoms with Crippen LogP contribution in [0.3, 0.4) is 0 Å². The van der Waals surface area contributed by atoms with E-state index in [0.717, 1.165) is 3.57 Å². The molecule has 0 aromatic heterocycles. The lowest BCUT2D eigenvalue weighted by Crippen LogP contribution is -2.34. The van der Waals surface area contributed by atoms with Gasteiger partial charge in [-0.25, -0.2) is 0 Å². The molecule has 0 aliphatic heterocycles.